The monoisotopic (exact) mass is 454 g/mol. The summed E-state index contributed by atoms with van der Waals surface area (Å²) in [6.45, 7) is 5.15. The first kappa shape index (κ1) is 23.3. The number of rotatable bonds is 9. The van der Waals surface area contributed by atoms with Gasteiger partial charge in [-0.25, -0.2) is 0 Å². The van der Waals surface area contributed by atoms with Crippen LogP contribution >= 0.6 is 11.6 Å². The smallest absolute Gasteiger partial charge is 0.223 e. The van der Waals surface area contributed by atoms with Crippen LogP contribution in [0.4, 0.5) is 0 Å². The van der Waals surface area contributed by atoms with Crippen molar-refractivity contribution in [1.82, 2.24) is 10.2 Å². The molecule has 0 spiro atoms. The van der Waals surface area contributed by atoms with E-state index in [9.17, 15) is 4.79 Å². The van der Waals surface area contributed by atoms with Crippen LogP contribution in [0.3, 0.4) is 0 Å². The highest BCUT2D eigenvalue weighted by Crippen LogP contribution is 2.45. The van der Waals surface area contributed by atoms with E-state index >= 15 is 0 Å². The lowest BCUT2D eigenvalue weighted by atomic mass is 9.66. The molecular formula is C27H35ClN2O2. The van der Waals surface area contributed by atoms with E-state index in [4.69, 9.17) is 16.3 Å². The molecule has 2 aromatic rings. The van der Waals surface area contributed by atoms with Crippen LogP contribution in [0.5, 0.6) is 0 Å². The van der Waals surface area contributed by atoms with Crippen LogP contribution in [0.2, 0.25) is 5.02 Å². The van der Waals surface area contributed by atoms with Crippen molar-refractivity contribution in [3.8, 4) is 0 Å². The minimum Gasteiger partial charge on any atom is -0.380 e. The SMILES string of the molecule is CCOCCN[C@H]1CCC[C@@H]2[C@H]1[C@@H](c1ccc(Cl)cc1)CC(=O)N2CCc1ccccc1. The van der Waals surface area contributed by atoms with Gasteiger partial charge in [0.1, 0.15) is 0 Å². The molecule has 0 radical (unpaired) electrons. The third-order valence-electron chi connectivity index (χ3n) is 7.14. The third kappa shape index (κ3) is 5.54. The van der Waals surface area contributed by atoms with Crippen LogP contribution in [0.1, 0.15) is 49.7 Å². The lowest BCUT2D eigenvalue weighted by molar-refractivity contribution is -0.142. The lowest BCUT2D eigenvalue weighted by Gasteiger charge is -2.51. The van der Waals surface area contributed by atoms with E-state index < -0.39 is 0 Å². The van der Waals surface area contributed by atoms with Crippen molar-refractivity contribution >= 4 is 17.5 Å². The average Bonchev–Trinajstić information content (AvgIpc) is 2.82. The summed E-state index contributed by atoms with van der Waals surface area (Å²) in [5, 5.41) is 4.53. The van der Waals surface area contributed by atoms with Crippen LogP contribution in [-0.4, -0.2) is 49.2 Å². The number of nitrogens with one attached hydrogen (secondary N) is 1. The molecule has 172 valence electrons. The maximum atomic E-state index is 13.4. The number of halogens is 1. The van der Waals surface area contributed by atoms with Gasteiger partial charge < -0.3 is 15.0 Å². The first-order chi connectivity index (χ1) is 15.7. The number of nitrogens with zero attached hydrogens (tertiary/aromatic N) is 1. The van der Waals surface area contributed by atoms with E-state index in [1.54, 1.807) is 0 Å². The molecule has 1 aliphatic heterocycles. The molecule has 0 unspecified atom stereocenters. The minimum atomic E-state index is 0.225. The Morgan fingerprint density at radius 2 is 1.88 bits per heavy atom. The Labute approximate surface area is 197 Å². The Bertz CT molecular complexity index is 858. The van der Waals surface area contributed by atoms with E-state index in [-0.39, 0.29) is 17.9 Å². The van der Waals surface area contributed by atoms with Crippen molar-refractivity contribution in [3.63, 3.8) is 0 Å². The van der Waals surface area contributed by atoms with Gasteiger partial charge in [-0.2, -0.15) is 0 Å². The molecule has 4 rings (SSSR count). The molecule has 32 heavy (non-hydrogen) atoms. The molecular weight excluding hydrogens is 420 g/mol. The van der Waals surface area contributed by atoms with Crippen LogP contribution in [-0.2, 0) is 16.0 Å². The first-order valence-corrected chi connectivity index (χ1v) is 12.4. The molecule has 5 heteroatoms. The predicted octanol–water partition coefficient (Wildman–Crippen LogP) is 5.06. The summed E-state index contributed by atoms with van der Waals surface area (Å²) in [6.07, 6.45) is 4.86. The fraction of sp³-hybridized carbons (Fsp3) is 0.519. The van der Waals surface area contributed by atoms with Crippen molar-refractivity contribution in [3.05, 3.63) is 70.7 Å². The summed E-state index contributed by atoms with van der Waals surface area (Å²) in [4.78, 5) is 15.6. The summed E-state index contributed by atoms with van der Waals surface area (Å²) in [5.74, 6) is 0.916. The molecule has 2 fully saturated rings. The Balaban J connectivity index is 1.55. The molecule has 1 heterocycles. The molecule has 0 aromatic heterocycles. The van der Waals surface area contributed by atoms with Crippen molar-refractivity contribution in [2.75, 3.05) is 26.3 Å². The maximum Gasteiger partial charge on any atom is 0.223 e. The number of ether oxygens (including phenoxy) is 1. The molecule has 1 N–H and O–H groups in total. The average molecular weight is 455 g/mol. The van der Waals surface area contributed by atoms with Gasteiger partial charge in [0.05, 0.1) is 6.61 Å². The zero-order chi connectivity index (χ0) is 22.3. The van der Waals surface area contributed by atoms with Crippen LogP contribution in [0.25, 0.3) is 0 Å². The summed E-state index contributed by atoms with van der Waals surface area (Å²) < 4.78 is 5.57. The third-order valence-corrected chi connectivity index (χ3v) is 7.40. The fourth-order valence-electron chi connectivity index (χ4n) is 5.67. The number of benzene rings is 2. The van der Waals surface area contributed by atoms with E-state index in [2.05, 4.69) is 46.6 Å². The highest BCUT2D eigenvalue weighted by molar-refractivity contribution is 6.30. The quantitative estimate of drug-likeness (QED) is 0.538. The fourth-order valence-corrected chi connectivity index (χ4v) is 5.80. The standard InChI is InChI=1S/C27H35ClN2O2/c1-2-32-18-16-29-24-9-6-10-25-27(24)23(21-11-13-22(28)14-12-21)19-26(31)30(25)17-15-20-7-4-3-5-8-20/h3-5,7-8,11-14,23-25,27,29H,2,6,9-10,15-19H2,1H3/t23-,24+,25-,27+/m1/s1. The zero-order valence-electron chi connectivity index (χ0n) is 19.0. The summed E-state index contributed by atoms with van der Waals surface area (Å²) in [5.41, 5.74) is 2.53. The summed E-state index contributed by atoms with van der Waals surface area (Å²) >= 11 is 6.16. The zero-order valence-corrected chi connectivity index (χ0v) is 19.8. The highest BCUT2D eigenvalue weighted by Gasteiger charge is 2.47. The number of carbonyl (C=O) groups excluding carboxylic acids is 1. The number of likely N-dealkylation sites (tertiary alicyclic amines) is 1. The Kier molecular flexibility index (Phi) is 8.23. The Morgan fingerprint density at radius 1 is 1.09 bits per heavy atom. The van der Waals surface area contributed by atoms with E-state index in [1.807, 2.05) is 25.1 Å². The molecule has 4 nitrogen and oxygen atoms in total. The van der Waals surface area contributed by atoms with Gasteiger partial charge in [-0.3, -0.25) is 4.79 Å². The number of piperidine rings is 1. The number of fused-ring (bicyclic) bond motifs is 1. The highest BCUT2D eigenvalue weighted by atomic mass is 35.5. The van der Waals surface area contributed by atoms with Gasteiger partial charge in [0.25, 0.3) is 0 Å². The molecule has 0 bridgehead atoms. The number of hydrogen-bond acceptors (Lipinski definition) is 3. The number of hydrogen-bond donors (Lipinski definition) is 1. The molecule has 1 saturated heterocycles. The topological polar surface area (TPSA) is 41.6 Å². The Hall–Kier alpha value is -1.88. The maximum absolute atomic E-state index is 13.4. The predicted molar refractivity (Wildman–Crippen MR) is 130 cm³/mol. The molecule has 1 amide bonds. The van der Waals surface area contributed by atoms with Gasteiger partial charge in [0.15, 0.2) is 0 Å². The van der Waals surface area contributed by atoms with E-state index in [1.165, 1.54) is 11.1 Å². The van der Waals surface area contributed by atoms with Crippen molar-refractivity contribution in [2.24, 2.45) is 5.92 Å². The van der Waals surface area contributed by atoms with Crippen LogP contribution in [0, 0.1) is 5.92 Å². The molecule has 1 aliphatic carbocycles. The van der Waals surface area contributed by atoms with Gasteiger partial charge >= 0.3 is 0 Å². The molecule has 1 saturated carbocycles. The van der Waals surface area contributed by atoms with Gasteiger partial charge in [0.2, 0.25) is 5.91 Å². The van der Waals surface area contributed by atoms with Gasteiger partial charge in [-0.05, 0) is 61.8 Å². The number of carbonyl (C=O) groups is 1. The van der Waals surface area contributed by atoms with Gasteiger partial charge in [-0.1, -0.05) is 54.1 Å². The summed E-state index contributed by atoms with van der Waals surface area (Å²) in [7, 11) is 0. The summed E-state index contributed by atoms with van der Waals surface area (Å²) in [6, 6.07) is 19.3. The van der Waals surface area contributed by atoms with Crippen molar-refractivity contribution in [2.45, 2.75) is 57.0 Å². The van der Waals surface area contributed by atoms with Crippen molar-refractivity contribution < 1.29 is 9.53 Å². The van der Waals surface area contributed by atoms with Crippen LogP contribution in [0.15, 0.2) is 54.6 Å². The molecule has 4 atom stereocenters. The van der Waals surface area contributed by atoms with Crippen molar-refractivity contribution in [1.29, 1.82) is 0 Å². The second-order valence-corrected chi connectivity index (χ2v) is 9.45. The minimum absolute atomic E-state index is 0.225. The second-order valence-electron chi connectivity index (χ2n) is 9.02. The van der Waals surface area contributed by atoms with Gasteiger partial charge in [0, 0.05) is 49.1 Å². The normalized spacial score (nSPS) is 25.6. The molecule has 2 aliphatic rings. The van der Waals surface area contributed by atoms with Crippen LogP contribution < -0.4 is 5.32 Å². The number of amides is 1. The van der Waals surface area contributed by atoms with E-state index in [0.717, 1.165) is 57.0 Å². The largest absolute Gasteiger partial charge is 0.380 e. The second kappa shape index (κ2) is 11.3. The van der Waals surface area contributed by atoms with E-state index in [0.29, 0.717) is 18.4 Å². The Morgan fingerprint density at radius 3 is 2.62 bits per heavy atom. The van der Waals surface area contributed by atoms with Gasteiger partial charge in [-0.15, -0.1) is 0 Å². The first-order valence-electron chi connectivity index (χ1n) is 12.1. The lowest BCUT2D eigenvalue weighted by Crippen LogP contribution is -2.59. The molecule has 2 aromatic carbocycles.